The molecule has 0 heterocycles. The van der Waals surface area contributed by atoms with Crippen molar-refractivity contribution in [2.75, 3.05) is 13.1 Å². The molecule has 8 nitrogen and oxygen atoms in total. The van der Waals surface area contributed by atoms with Crippen LogP contribution >= 0.6 is 0 Å². The highest BCUT2D eigenvalue weighted by Crippen LogP contribution is 2.07. The van der Waals surface area contributed by atoms with Crippen LogP contribution in [0, 0.1) is 11.3 Å². The van der Waals surface area contributed by atoms with Crippen LogP contribution in [0.1, 0.15) is 18.4 Å². The lowest BCUT2D eigenvalue weighted by atomic mass is 10.0. The van der Waals surface area contributed by atoms with E-state index in [0.717, 1.165) is 5.56 Å². The highest BCUT2D eigenvalue weighted by Gasteiger charge is 2.15. The molecule has 0 aromatic heterocycles. The number of carboxylic acid groups (broad SMARTS) is 1. The number of nitriles is 1. The molecule has 8 heteroatoms. The first kappa shape index (κ1) is 19.0. The standard InChI is InChI=1S/C16H20N4O4/c17-8-9-18-14(21)11-19-16(24)20-13(6-7-15(22)23)10-12-4-2-1-3-5-12/h1-5,13H,6-7,9-11H2,(H,18,21)(H,22,23)(H2,19,20,24). The number of nitrogens with zero attached hydrogens (tertiary/aromatic N) is 1. The Morgan fingerprint density at radius 2 is 1.88 bits per heavy atom. The van der Waals surface area contributed by atoms with E-state index in [1.807, 2.05) is 30.3 Å². The number of hydrogen-bond acceptors (Lipinski definition) is 4. The van der Waals surface area contributed by atoms with Crippen molar-refractivity contribution in [2.24, 2.45) is 0 Å². The Kier molecular flexibility index (Phi) is 8.39. The van der Waals surface area contributed by atoms with Crippen LogP contribution in [0.4, 0.5) is 4.79 Å². The Morgan fingerprint density at radius 1 is 1.17 bits per heavy atom. The second kappa shape index (κ2) is 10.6. The molecule has 0 aliphatic heterocycles. The molecule has 0 bridgehead atoms. The Bertz CT molecular complexity index is 598. The van der Waals surface area contributed by atoms with E-state index in [1.165, 1.54) is 0 Å². The van der Waals surface area contributed by atoms with Gasteiger partial charge in [0.25, 0.3) is 0 Å². The predicted octanol–water partition coefficient (Wildman–Crippen LogP) is 0.401. The Morgan fingerprint density at radius 3 is 2.50 bits per heavy atom. The summed E-state index contributed by atoms with van der Waals surface area (Å²) in [5.74, 6) is -1.41. The summed E-state index contributed by atoms with van der Waals surface area (Å²) in [4.78, 5) is 33.9. The molecule has 128 valence electrons. The van der Waals surface area contributed by atoms with Gasteiger partial charge in [-0.25, -0.2) is 4.79 Å². The highest BCUT2D eigenvalue weighted by molar-refractivity contribution is 5.84. The number of amides is 3. The summed E-state index contributed by atoms with van der Waals surface area (Å²) in [6, 6.07) is 10.2. The monoisotopic (exact) mass is 332 g/mol. The third kappa shape index (κ3) is 8.38. The van der Waals surface area contributed by atoms with Gasteiger partial charge in [0.2, 0.25) is 5.91 Å². The molecule has 3 amide bonds. The topological polar surface area (TPSA) is 131 Å². The third-order valence-electron chi connectivity index (χ3n) is 3.14. The minimum Gasteiger partial charge on any atom is -0.481 e. The summed E-state index contributed by atoms with van der Waals surface area (Å²) < 4.78 is 0. The van der Waals surface area contributed by atoms with Gasteiger partial charge in [0, 0.05) is 12.5 Å². The van der Waals surface area contributed by atoms with Crippen molar-refractivity contribution < 1.29 is 19.5 Å². The largest absolute Gasteiger partial charge is 0.481 e. The summed E-state index contributed by atoms with van der Waals surface area (Å²) in [5.41, 5.74) is 0.972. The number of nitrogens with one attached hydrogen (secondary N) is 3. The van der Waals surface area contributed by atoms with Gasteiger partial charge in [0.1, 0.15) is 6.54 Å². The lowest BCUT2D eigenvalue weighted by Crippen LogP contribution is -2.46. The summed E-state index contributed by atoms with van der Waals surface area (Å²) in [7, 11) is 0. The lowest BCUT2D eigenvalue weighted by molar-refractivity contribution is -0.137. The summed E-state index contributed by atoms with van der Waals surface area (Å²) in [6.07, 6.45) is 0.695. The van der Waals surface area contributed by atoms with E-state index in [2.05, 4.69) is 16.0 Å². The molecule has 0 aliphatic carbocycles. The van der Waals surface area contributed by atoms with E-state index in [4.69, 9.17) is 10.4 Å². The zero-order valence-electron chi connectivity index (χ0n) is 13.1. The number of carboxylic acids is 1. The molecule has 0 spiro atoms. The van der Waals surface area contributed by atoms with Crippen LogP contribution < -0.4 is 16.0 Å². The van der Waals surface area contributed by atoms with Gasteiger partial charge in [-0.3, -0.25) is 9.59 Å². The fourth-order valence-corrected chi connectivity index (χ4v) is 2.02. The van der Waals surface area contributed by atoms with E-state index in [-0.39, 0.29) is 32.0 Å². The van der Waals surface area contributed by atoms with Crippen LogP contribution in [0.2, 0.25) is 0 Å². The van der Waals surface area contributed by atoms with Crippen LogP contribution in [0.3, 0.4) is 0 Å². The van der Waals surface area contributed by atoms with Crippen molar-refractivity contribution in [3.63, 3.8) is 0 Å². The SMILES string of the molecule is N#CCNC(=O)CNC(=O)NC(CCC(=O)O)Cc1ccccc1. The molecule has 1 aromatic rings. The minimum absolute atomic E-state index is 0.0690. The maximum Gasteiger partial charge on any atom is 0.315 e. The number of benzene rings is 1. The molecule has 0 radical (unpaired) electrons. The number of carbonyl (C=O) groups excluding carboxylic acids is 2. The summed E-state index contributed by atoms with van der Waals surface area (Å²) >= 11 is 0. The molecule has 1 unspecified atom stereocenters. The molecule has 0 saturated carbocycles. The second-order valence-corrected chi connectivity index (χ2v) is 5.08. The fraction of sp³-hybridized carbons (Fsp3) is 0.375. The maximum atomic E-state index is 11.9. The van der Waals surface area contributed by atoms with Gasteiger partial charge in [-0.05, 0) is 18.4 Å². The molecule has 4 N–H and O–H groups in total. The van der Waals surface area contributed by atoms with E-state index in [1.54, 1.807) is 6.07 Å². The Labute approximate surface area is 139 Å². The second-order valence-electron chi connectivity index (χ2n) is 5.08. The van der Waals surface area contributed by atoms with Gasteiger partial charge in [-0.1, -0.05) is 30.3 Å². The van der Waals surface area contributed by atoms with Crippen molar-refractivity contribution in [3.8, 4) is 6.07 Å². The van der Waals surface area contributed by atoms with Crippen molar-refractivity contribution >= 4 is 17.9 Å². The number of rotatable bonds is 9. The van der Waals surface area contributed by atoms with E-state index < -0.39 is 17.9 Å². The number of urea groups is 1. The molecular weight excluding hydrogens is 312 g/mol. The van der Waals surface area contributed by atoms with Gasteiger partial charge < -0.3 is 21.1 Å². The van der Waals surface area contributed by atoms with Crippen molar-refractivity contribution in [3.05, 3.63) is 35.9 Å². The molecule has 1 rings (SSSR count). The molecule has 24 heavy (non-hydrogen) atoms. The van der Waals surface area contributed by atoms with Gasteiger partial charge >= 0.3 is 12.0 Å². The Hall–Kier alpha value is -3.08. The molecule has 0 fully saturated rings. The van der Waals surface area contributed by atoms with Crippen molar-refractivity contribution in [2.45, 2.75) is 25.3 Å². The van der Waals surface area contributed by atoms with E-state index in [0.29, 0.717) is 6.42 Å². The highest BCUT2D eigenvalue weighted by atomic mass is 16.4. The van der Waals surface area contributed by atoms with Gasteiger partial charge in [0.15, 0.2) is 0 Å². The molecular formula is C16H20N4O4. The predicted molar refractivity (Wildman–Crippen MR) is 86.0 cm³/mol. The van der Waals surface area contributed by atoms with Gasteiger partial charge in [-0.2, -0.15) is 5.26 Å². The van der Waals surface area contributed by atoms with Gasteiger partial charge in [0.05, 0.1) is 12.6 Å². The maximum absolute atomic E-state index is 11.9. The molecule has 0 saturated heterocycles. The Balaban J connectivity index is 2.50. The first-order valence-electron chi connectivity index (χ1n) is 7.45. The van der Waals surface area contributed by atoms with Gasteiger partial charge in [-0.15, -0.1) is 0 Å². The molecule has 1 aromatic carbocycles. The van der Waals surface area contributed by atoms with Crippen LogP contribution in [0.15, 0.2) is 30.3 Å². The summed E-state index contributed by atoms with van der Waals surface area (Å²) in [5, 5.41) is 24.5. The quantitative estimate of drug-likeness (QED) is 0.486. The number of carbonyl (C=O) groups is 3. The van der Waals surface area contributed by atoms with E-state index in [9.17, 15) is 14.4 Å². The number of hydrogen-bond donors (Lipinski definition) is 4. The normalized spacial score (nSPS) is 11.0. The first-order valence-corrected chi connectivity index (χ1v) is 7.45. The third-order valence-corrected chi connectivity index (χ3v) is 3.14. The zero-order chi connectivity index (χ0) is 17.8. The lowest BCUT2D eigenvalue weighted by Gasteiger charge is -2.18. The number of aliphatic carboxylic acids is 1. The molecule has 0 aliphatic rings. The summed E-state index contributed by atoms with van der Waals surface area (Å²) in [6.45, 7) is -0.387. The van der Waals surface area contributed by atoms with Crippen molar-refractivity contribution in [1.82, 2.24) is 16.0 Å². The first-order chi connectivity index (χ1) is 11.5. The smallest absolute Gasteiger partial charge is 0.315 e. The van der Waals surface area contributed by atoms with Crippen LogP contribution in [0.5, 0.6) is 0 Å². The average Bonchev–Trinajstić information content (AvgIpc) is 2.57. The minimum atomic E-state index is -0.939. The van der Waals surface area contributed by atoms with Crippen LogP contribution in [0.25, 0.3) is 0 Å². The van der Waals surface area contributed by atoms with Crippen molar-refractivity contribution in [1.29, 1.82) is 5.26 Å². The zero-order valence-corrected chi connectivity index (χ0v) is 13.1. The fourth-order valence-electron chi connectivity index (χ4n) is 2.02. The average molecular weight is 332 g/mol. The van der Waals surface area contributed by atoms with E-state index >= 15 is 0 Å². The van der Waals surface area contributed by atoms with Crippen LogP contribution in [-0.2, 0) is 16.0 Å². The molecule has 1 atom stereocenters. The van der Waals surface area contributed by atoms with Crippen LogP contribution in [-0.4, -0.2) is 42.1 Å².